The molecule has 3 aromatic heterocycles. The van der Waals surface area contributed by atoms with Gasteiger partial charge in [-0.3, -0.25) is 4.57 Å². The molecule has 73 heavy (non-hydrogen) atoms. The van der Waals surface area contributed by atoms with Gasteiger partial charge in [-0.25, -0.2) is 4.98 Å². The summed E-state index contributed by atoms with van der Waals surface area (Å²) in [7, 11) is 0. The van der Waals surface area contributed by atoms with Crippen LogP contribution in [0.25, 0.3) is 93.2 Å². The molecule has 4 heterocycles. The zero-order valence-electron chi connectivity index (χ0n) is 46.8. The molecule has 0 N–H and O–H groups in total. The third-order valence-electron chi connectivity index (χ3n) is 14.6. The summed E-state index contributed by atoms with van der Waals surface area (Å²) in [5.41, 5.74) is 10.4. The first-order valence-corrected chi connectivity index (χ1v) is 25.0. The summed E-state index contributed by atoms with van der Waals surface area (Å²) in [4.78, 5) is 7.27. The van der Waals surface area contributed by atoms with Crippen molar-refractivity contribution in [1.29, 1.82) is 0 Å². The van der Waals surface area contributed by atoms with Crippen molar-refractivity contribution in [3.05, 3.63) is 230 Å². The van der Waals surface area contributed by atoms with Crippen molar-refractivity contribution in [2.45, 2.75) is 59.0 Å². The lowest BCUT2D eigenvalue weighted by Crippen LogP contribution is -2.15. The summed E-state index contributed by atoms with van der Waals surface area (Å²) in [5.74, 6) is 2.26. The summed E-state index contributed by atoms with van der Waals surface area (Å²) in [6.07, 6.45) is 1.90. The van der Waals surface area contributed by atoms with Crippen LogP contribution >= 0.6 is 0 Å². The van der Waals surface area contributed by atoms with E-state index in [4.69, 9.17) is 16.6 Å². The number of pyridine rings is 1. The van der Waals surface area contributed by atoms with Crippen molar-refractivity contribution in [1.82, 2.24) is 14.1 Å². The lowest BCUT2D eigenvalue weighted by atomic mass is 9.83. The van der Waals surface area contributed by atoms with Crippen molar-refractivity contribution in [3.63, 3.8) is 0 Å². The van der Waals surface area contributed by atoms with Crippen molar-refractivity contribution in [3.8, 4) is 39.6 Å². The van der Waals surface area contributed by atoms with Crippen LogP contribution in [-0.4, -0.2) is 14.1 Å². The summed E-state index contributed by atoms with van der Waals surface area (Å²) in [5, 5.41) is 8.83. The van der Waals surface area contributed by atoms with E-state index in [0.717, 1.165) is 99.0 Å². The highest BCUT2D eigenvalue weighted by molar-refractivity contribution is 6.22. The molecule has 0 spiro atoms. The molecule has 354 valence electrons. The van der Waals surface area contributed by atoms with E-state index in [9.17, 15) is 0 Å². The highest BCUT2D eigenvalue weighted by atomic mass is 16.5. The van der Waals surface area contributed by atoms with Crippen molar-refractivity contribution < 1.29 is 11.6 Å². The van der Waals surface area contributed by atoms with Gasteiger partial charge in [-0.1, -0.05) is 187 Å². The molecule has 13 rings (SSSR count). The maximum atomic E-state index is 9.10. The van der Waals surface area contributed by atoms with Crippen LogP contribution in [0.3, 0.4) is 0 Å². The lowest BCUT2D eigenvalue weighted by molar-refractivity contribution is 0.483. The van der Waals surface area contributed by atoms with Crippen LogP contribution in [0.15, 0.2) is 218 Å². The van der Waals surface area contributed by atoms with Crippen LogP contribution in [0.1, 0.15) is 59.5 Å². The summed E-state index contributed by atoms with van der Waals surface area (Å²) < 4.78 is 55.5. The number of anilines is 2. The standard InChI is InChI=1S/C68H56N4O/c1-67(2,3)47-35-36-69-64(40-47)72-61-31-15-14-27-57(61)58-34-33-51(42-63(58)72)73-50-22-16-21-49(41-50)70-43-71-65-52(46-37-45(44-19-8-7-9-20-44)38-48(39-46)68(4,5)6)28-17-29-59(65)55-25-12-10-23-53(55)54-24-11-13-26-56(54)60-30-18-32-62(70)66(60)71/h7-42H,43H2,1-6H3/i7D,8D,9D,19D,20D. The number of hydrogen-bond donors (Lipinski definition) is 0. The van der Waals surface area contributed by atoms with Crippen molar-refractivity contribution in [2.75, 3.05) is 4.90 Å². The van der Waals surface area contributed by atoms with Gasteiger partial charge >= 0.3 is 0 Å². The van der Waals surface area contributed by atoms with E-state index in [1.807, 2.05) is 30.5 Å². The van der Waals surface area contributed by atoms with E-state index in [2.05, 4.69) is 213 Å². The number of hydrogen-bond acceptors (Lipinski definition) is 3. The van der Waals surface area contributed by atoms with Gasteiger partial charge in [-0.15, -0.1) is 0 Å². The summed E-state index contributed by atoms with van der Waals surface area (Å²) in [6, 6.07) is 62.4. The maximum Gasteiger partial charge on any atom is 0.137 e. The van der Waals surface area contributed by atoms with Gasteiger partial charge in [0.1, 0.15) is 24.0 Å². The van der Waals surface area contributed by atoms with Crippen molar-refractivity contribution >= 4 is 76.5 Å². The first-order valence-electron chi connectivity index (χ1n) is 27.5. The van der Waals surface area contributed by atoms with E-state index in [1.54, 1.807) is 0 Å². The molecule has 0 amide bonds. The molecule has 0 radical (unpaired) electrons. The molecular weight excluding hydrogens is 889 g/mol. The van der Waals surface area contributed by atoms with Crippen LogP contribution in [0.4, 0.5) is 11.4 Å². The number of para-hydroxylation sites is 3. The SMILES string of the molecule is [2H]c1c([2H])c([2H])c(-c2cc(-c3cccc4c5ccccc5c5ccccc5c5cccc6c5n(c34)CN6c3cccc(Oc4ccc5c6ccccc6n(-c6cc(C(C)(C)C)ccn6)c5c4)c3)cc(C(C)(C)C)c2)c([2H])c1[2H]. The zero-order valence-corrected chi connectivity index (χ0v) is 41.8. The minimum absolute atomic E-state index is 0.0519. The largest absolute Gasteiger partial charge is 0.457 e. The molecule has 0 saturated heterocycles. The van der Waals surface area contributed by atoms with Gasteiger partial charge in [-0.05, 0) is 115 Å². The normalized spacial score (nSPS) is 13.7. The fraction of sp³-hybridized carbons (Fsp3) is 0.132. The van der Waals surface area contributed by atoms with Gasteiger partial charge < -0.3 is 14.2 Å². The first-order chi connectivity index (χ1) is 37.5. The second kappa shape index (κ2) is 17.0. The smallest absolute Gasteiger partial charge is 0.137 e. The van der Waals surface area contributed by atoms with Gasteiger partial charge in [0, 0.05) is 51.1 Å². The molecule has 0 fully saturated rings. The molecular formula is C68H56N4O. The number of nitrogens with zero attached hydrogens (tertiary/aromatic N) is 4. The number of rotatable bonds is 6. The monoisotopic (exact) mass is 949 g/mol. The van der Waals surface area contributed by atoms with Gasteiger partial charge in [0.15, 0.2) is 0 Å². The third kappa shape index (κ3) is 7.58. The molecule has 9 aromatic carbocycles. The third-order valence-corrected chi connectivity index (χ3v) is 14.6. The average Bonchev–Trinajstić information content (AvgIpc) is 4.15. The number of benzene rings is 9. The van der Waals surface area contributed by atoms with E-state index in [0.29, 0.717) is 23.7 Å². The van der Waals surface area contributed by atoms with Crippen LogP contribution in [0.2, 0.25) is 0 Å². The fourth-order valence-corrected chi connectivity index (χ4v) is 11.0. The van der Waals surface area contributed by atoms with E-state index >= 15 is 0 Å². The quantitative estimate of drug-likeness (QED) is 0.167. The van der Waals surface area contributed by atoms with E-state index < -0.39 is 6.04 Å². The van der Waals surface area contributed by atoms with Gasteiger partial charge in [0.25, 0.3) is 0 Å². The second-order valence-electron chi connectivity index (χ2n) is 21.3. The molecule has 0 saturated carbocycles. The molecule has 1 aliphatic heterocycles. The Balaban J connectivity index is 1.02. The number of fused-ring (bicyclic) bond motifs is 10. The van der Waals surface area contributed by atoms with Crippen molar-refractivity contribution in [2.24, 2.45) is 0 Å². The highest BCUT2D eigenvalue weighted by Gasteiger charge is 2.27. The molecule has 0 unspecified atom stereocenters. The minimum Gasteiger partial charge on any atom is -0.457 e. The fourth-order valence-electron chi connectivity index (χ4n) is 11.0. The van der Waals surface area contributed by atoms with Gasteiger partial charge in [0.05, 0.1) is 34.6 Å². The molecule has 1 aliphatic rings. The Morgan fingerprint density at radius 2 is 1.07 bits per heavy atom. The number of ether oxygens (including phenoxy) is 1. The zero-order chi connectivity index (χ0) is 53.9. The molecule has 12 aromatic rings. The molecule has 5 heteroatoms. The Morgan fingerprint density at radius 1 is 0.466 bits per heavy atom. The maximum absolute atomic E-state index is 9.10. The van der Waals surface area contributed by atoms with Crippen LogP contribution in [-0.2, 0) is 17.5 Å². The van der Waals surface area contributed by atoms with Gasteiger partial charge in [-0.2, -0.15) is 0 Å². The Hall–Kier alpha value is -8.67. The second-order valence-corrected chi connectivity index (χ2v) is 21.3. The minimum atomic E-state index is -0.413. The van der Waals surface area contributed by atoms with E-state index in [1.165, 1.54) is 5.56 Å². The van der Waals surface area contributed by atoms with Gasteiger partial charge in [0.2, 0.25) is 0 Å². The van der Waals surface area contributed by atoms with Crippen LogP contribution in [0, 0.1) is 0 Å². The summed E-state index contributed by atoms with van der Waals surface area (Å²) >= 11 is 0. The van der Waals surface area contributed by atoms with Crippen LogP contribution in [0.5, 0.6) is 11.5 Å². The predicted molar refractivity (Wildman–Crippen MR) is 308 cm³/mol. The molecule has 0 bridgehead atoms. The highest BCUT2D eigenvalue weighted by Crippen LogP contribution is 2.46. The Morgan fingerprint density at radius 3 is 1.79 bits per heavy atom. The van der Waals surface area contributed by atoms with Crippen LogP contribution < -0.4 is 9.64 Å². The first kappa shape index (κ1) is 39.0. The Kier molecular flexibility index (Phi) is 9.08. The Bertz CT molecular complexity index is 4530. The Labute approximate surface area is 433 Å². The molecule has 0 aliphatic carbocycles. The molecule has 5 nitrogen and oxygen atoms in total. The topological polar surface area (TPSA) is 35.2 Å². The predicted octanol–water partition coefficient (Wildman–Crippen LogP) is 18.5. The van der Waals surface area contributed by atoms with E-state index in [-0.39, 0.29) is 40.6 Å². The molecule has 0 atom stereocenters. The number of aromatic nitrogens is 3. The average molecular weight is 950 g/mol. The lowest BCUT2D eigenvalue weighted by Gasteiger charge is -2.23. The summed E-state index contributed by atoms with van der Waals surface area (Å²) in [6.45, 7) is 13.6.